The molecule has 1 heterocycles. The third-order valence-electron chi connectivity index (χ3n) is 5.59. The third-order valence-corrected chi connectivity index (χ3v) is 6.97. The summed E-state index contributed by atoms with van der Waals surface area (Å²) in [5.74, 6) is -1.72. The fraction of sp³-hybridized carbons (Fsp3) is 0.320. The number of phenols is 1. The normalized spacial score (nSPS) is 12.9. The van der Waals surface area contributed by atoms with E-state index < -0.39 is 22.9 Å². The number of nitrogens with two attached hydrogens (primary N) is 1. The smallest absolute Gasteiger partial charge is 0.340 e. The number of rotatable bonds is 11. The Kier molecular flexibility index (Phi) is 8.36. The summed E-state index contributed by atoms with van der Waals surface area (Å²) < 4.78 is 5.62. The van der Waals surface area contributed by atoms with Gasteiger partial charge in [0.15, 0.2) is 5.78 Å². The minimum absolute atomic E-state index is 0.00751. The minimum Gasteiger partial charge on any atom is -0.507 e. The number of nitrogens with zero attached hydrogens (tertiary/aromatic N) is 1. The molecule has 0 amide bonds. The Morgan fingerprint density at radius 1 is 1.12 bits per heavy atom. The van der Waals surface area contributed by atoms with E-state index >= 15 is 0 Å². The second-order valence-electron chi connectivity index (χ2n) is 7.79. The molecule has 9 heteroatoms. The SMILES string of the molecule is CCN(CC)c1ccc2cc(C(CC(=O)c3ccccc3O)SC[C@H](N)C(=O)O)c(=O)oc2c1. The van der Waals surface area contributed by atoms with Gasteiger partial charge in [0.2, 0.25) is 0 Å². The van der Waals surface area contributed by atoms with Gasteiger partial charge in [0.25, 0.3) is 0 Å². The van der Waals surface area contributed by atoms with Gasteiger partial charge in [-0.2, -0.15) is 11.8 Å². The molecule has 0 radical (unpaired) electrons. The monoisotopic (exact) mass is 484 g/mol. The van der Waals surface area contributed by atoms with Crippen molar-refractivity contribution in [2.24, 2.45) is 5.73 Å². The lowest BCUT2D eigenvalue weighted by molar-refractivity contribution is -0.137. The number of hydrogen-bond donors (Lipinski definition) is 3. The molecule has 0 saturated heterocycles. The summed E-state index contributed by atoms with van der Waals surface area (Å²) in [6.45, 7) is 5.69. The van der Waals surface area contributed by atoms with E-state index in [1.165, 1.54) is 12.1 Å². The first kappa shape index (κ1) is 25.3. The number of ketones is 1. The Labute approximate surface area is 201 Å². The largest absolute Gasteiger partial charge is 0.507 e. The topological polar surface area (TPSA) is 134 Å². The van der Waals surface area contributed by atoms with E-state index in [9.17, 15) is 19.5 Å². The zero-order chi connectivity index (χ0) is 24.8. The molecule has 0 spiro atoms. The molecule has 2 aromatic carbocycles. The zero-order valence-electron chi connectivity index (χ0n) is 19.1. The molecule has 0 aliphatic rings. The van der Waals surface area contributed by atoms with Gasteiger partial charge in [-0.15, -0.1) is 0 Å². The van der Waals surface area contributed by atoms with E-state index in [1.807, 2.05) is 32.0 Å². The van der Waals surface area contributed by atoms with E-state index in [0.29, 0.717) is 11.0 Å². The molecule has 2 atom stereocenters. The highest BCUT2D eigenvalue weighted by Gasteiger charge is 2.25. The lowest BCUT2D eigenvalue weighted by atomic mass is 10.0. The summed E-state index contributed by atoms with van der Waals surface area (Å²) >= 11 is 1.10. The molecule has 3 rings (SSSR count). The molecule has 1 aromatic heterocycles. The maximum Gasteiger partial charge on any atom is 0.340 e. The Morgan fingerprint density at radius 2 is 1.82 bits per heavy atom. The summed E-state index contributed by atoms with van der Waals surface area (Å²) in [7, 11) is 0. The summed E-state index contributed by atoms with van der Waals surface area (Å²) in [5, 5.41) is 19.2. The molecular formula is C25H28N2O6S. The number of aromatic hydroxyl groups is 1. The number of fused-ring (bicyclic) bond motifs is 1. The Bertz CT molecular complexity index is 1240. The number of thioether (sulfide) groups is 1. The first-order chi connectivity index (χ1) is 16.2. The van der Waals surface area contributed by atoms with Crippen LogP contribution in [-0.4, -0.2) is 46.8 Å². The highest BCUT2D eigenvalue weighted by atomic mass is 32.2. The lowest BCUT2D eigenvalue weighted by Gasteiger charge is -2.21. The van der Waals surface area contributed by atoms with Crippen LogP contribution in [0.1, 0.15) is 41.4 Å². The molecule has 3 aromatic rings. The van der Waals surface area contributed by atoms with Crippen molar-refractivity contribution in [2.75, 3.05) is 23.7 Å². The molecular weight excluding hydrogens is 456 g/mol. The number of phenolic OH excluding ortho intramolecular Hbond substituents is 1. The van der Waals surface area contributed by atoms with Crippen molar-refractivity contribution in [3.05, 3.63) is 70.1 Å². The van der Waals surface area contributed by atoms with Crippen LogP contribution < -0.4 is 16.3 Å². The molecule has 4 N–H and O–H groups in total. The van der Waals surface area contributed by atoms with Gasteiger partial charge in [0.1, 0.15) is 17.4 Å². The van der Waals surface area contributed by atoms with Crippen LogP contribution in [0.5, 0.6) is 5.75 Å². The minimum atomic E-state index is -1.17. The first-order valence-corrected chi connectivity index (χ1v) is 12.0. The maximum absolute atomic E-state index is 13.0. The highest BCUT2D eigenvalue weighted by molar-refractivity contribution is 7.99. The second kappa shape index (κ2) is 11.2. The molecule has 8 nitrogen and oxygen atoms in total. The second-order valence-corrected chi connectivity index (χ2v) is 9.03. The number of aliphatic carboxylic acids is 1. The molecule has 0 bridgehead atoms. The molecule has 180 valence electrons. The number of anilines is 1. The number of hydrogen-bond acceptors (Lipinski definition) is 8. The van der Waals surface area contributed by atoms with E-state index in [-0.39, 0.29) is 34.8 Å². The van der Waals surface area contributed by atoms with Crippen LogP contribution in [0.15, 0.2) is 57.7 Å². The summed E-state index contributed by atoms with van der Waals surface area (Å²) in [6, 6.07) is 12.3. The standard InChI is InChI=1S/C25H28N2O6S/c1-3-27(4-2)16-10-9-15-11-18(25(32)33-22(15)12-16)23(34-14-19(26)24(30)31)13-21(29)17-7-5-6-8-20(17)28/h5-12,19,23,28H,3-4,13-14,26H2,1-2H3,(H,30,31)/t19-,23?/m0/s1. The Balaban J connectivity index is 1.98. The van der Waals surface area contributed by atoms with Crippen molar-refractivity contribution in [3.63, 3.8) is 0 Å². The number of Topliss-reactive ketones (excluding diaryl/α,β-unsaturated/α-hetero) is 1. The lowest BCUT2D eigenvalue weighted by Crippen LogP contribution is -2.33. The van der Waals surface area contributed by atoms with Crippen LogP contribution in [0.2, 0.25) is 0 Å². The first-order valence-electron chi connectivity index (χ1n) is 11.0. The van der Waals surface area contributed by atoms with Crippen LogP contribution in [0.4, 0.5) is 5.69 Å². The predicted molar refractivity (Wildman–Crippen MR) is 134 cm³/mol. The average Bonchev–Trinajstić information content (AvgIpc) is 2.82. The number of carbonyl (C=O) groups is 2. The molecule has 0 fully saturated rings. The van der Waals surface area contributed by atoms with Crippen molar-refractivity contribution in [2.45, 2.75) is 31.6 Å². The van der Waals surface area contributed by atoms with E-state index in [2.05, 4.69) is 4.90 Å². The summed E-state index contributed by atoms with van der Waals surface area (Å²) in [4.78, 5) is 39.2. The van der Waals surface area contributed by atoms with Crippen LogP contribution in [0.25, 0.3) is 11.0 Å². The predicted octanol–water partition coefficient (Wildman–Crippen LogP) is 3.80. The number of carboxylic acid groups (broad SMARTS) is 1. The molecule has 0 aliphatic heterocycles. The van der Waals surface area contributed by atoms with Gasteiger partial charge in [-0.3, -0.25) is 9.59 Å². The van der Waals surface area contributed by atoms with Crippen molar-refractivity contribution < 1.29 is 24.2 Å². The van der Waals surface area contributed by atoms with Gasteiger partial charge < -0.3 is 25.3 Å². The van der Waals surface area contributed by atoms with Gasteiger partial charge in [0.05, 0.1) is 11.1 Å². The van der Waals surface area contributed by atoms with Gasteiger partial charge in [0, 0.05) is 47.7 Å². The number of benzene rings is 2. The maximum atomic E-state index is 13.0. The quantitative estimate of drug-likeness (QED) is 0.274. The fourth-order valence-corrected chi connectivity index (χ4v) is 4.86. The van der Waals surface area contributed by atoms with E-state index in [0.717, 1.165) is 30.5 Å². The number of para-hydroxylation sites is 1. The van der Waals surface area contributed by atoms with Gasteiger partial charge >= 0.3 is 11.6 Å². The van der Waals surface area contributed by atoms with Crippen molar-refractivity contribution >= 4 is 40.2 Å². The fourth-order valence-electron chi connectivity index (χ4n) is 3.66. The molecule has 1 unspecified atom stereocenters. The van der Waals surface area contributed by atoms with Gasteiger partial charge in [-0.05, 0) is 44.2 Å². The van der Waals surface area contributed by atoms with Crippen LogP contribution >= 0.6 is 11.8 Å². The number of carbonyl (C=O) groups excluding carboxylic acids is 1. The molecule has 34 heavy (non-hydrogen) atoms. The number of carboxylic acids is 1. The van der Waals surface area contributed by atoms with Crippen LogP contribution in [0.3, 0.4) is 0 Å². The van der Waals surface area contributed by atoms with Crippen molar-refractivity contribution in [3.8, 4) is 5.75 Å². The Morgan fingerprint density at radius 3 is 2.47 bits per heavy atom. The van der Waals surface area contributed by atoms with Crippen molar-refractivity contribution in [1.82, 2.24) is 0 Å². The van der Waals surface area contributed by atoms with E-state index in [4.69, 9.17) is 15.3 Å². The summed E-state index contributed by atoms with van der Waals surface area (Å²) in [5.41, 5.74) is 6.79. The average molecular weight is 485 g/mol. The third kappa shape index (κ3) is 5.78. The van der Waals surface area contributed by atoms with E-state index in [1.54, 1.807) is 18.2 Å². The zero-order valence-corrected chi connectivity index (χ0v) is 19.9. The van der Waals surface area contributed by atoms with Crippen LogP contribution in [-0.2, 0) is 4.79 Å². The molecule has 0 saturated carbocycles. The summed E-state index contributed by atoms with van der Waals surface area (Å²) in [6.07, 6.45) is -0.137. The van der Waals surface area contributed by atoms with Gasteiger partial charge in [-0.25, -0.2) is 4.79 Å². The Hall–Kier alpha value is -3.30. The van der Waals surface area contributed by atoms with Crippen LogP contribution in [0, 0.1) is 0 Å². The van der Waals surface area contributed by atoms with Crippen molar-refractivity contribution in [1.29, 1.82) is 0 Å². The highest BCUT2D eigenvalue weighted by Crippen LogP contribution is 2.35. The van der Waals surface area contributed by atoms with Gasteiger partial charge in [-0.1, -0.05) is 12.1 Å². The molecule has 0 aliphatic carbocycles.